The van der Waals surface area contributed by atoms with Crippen LogP contribution in [-0.2, 0) is 66.0 Å². The van der Waals surface area contributed by atoms with Crippen molar-refractivity contribution >= 4 is 59.9 Å². The Kier molecular flexibility index (Phi) is 39.6. The fourth-order valence-electron chi connectivity index (χ4n) is 20.5. The lowest BCUT2D eigenvalue weighted by atomic mass is 9.91. The number of hydrogen-bond donors (Lipinski definition) is 8. The number of nitrogens with zero attached hydrogens (tertiary/aromatic N) is 13. The Morgan fingerprint density at radius 3 is 1.00 bits per heavy atom. The number of likely N-dealkylation sites (tertiary alicyclic amines) is 7. The minimum atomic E-state index is -1.09. The van der Waals surface area contributed by atoms with Gasteiger partial charge in [-0.3, -0.25) is 54.0 Å². The van der Waals surface area contributed by atoms with Crippen LogP contribution in [-0.4, -0.2) is 338 Å². The second kappa shape index (κ2) is 52.4. The zero-order chi connectivity index (χ0) is 104. The number of likely N-dealkylation sites (N-methyl/N-ethyl adjacent to an activating group) is 3. The molecular weight excluding hydrogens is 1860 g/mol. The van der Waals surface area contributed by atoms with Gasteiger partial charge in [0.2, 0.25) is 0 Å². The molecule has 7 aromatic rings. The third-order valence-corrected chi connectivity index (χ3v) is 29.9. The smallest absolute Gasteiger partial charge is 0.411 e. The summed E-state index contributed by atoms with van der Waals surface area (Å²) in [6, 6.07) is 69.4. The fourth-order valence-corrected chi connectivity index (χ4v) is 20.5. The van der Waals surface area contributed by atoms with Crippen molar-refractivity contribution in [3.05, 3.63) is 250 Å². The molecule has 146 heavy (non-hydrogen) atoms. The predicted octanol–water partition coefficient (Wildman–Crippen LogP) is 11.7. The second-order valence-corrected chi connectivity index (χ2v) is 40.4. The van der Waals surface area contributed by atoms with Gasteiger partial charge in [0.15, 0.2) is 5.60 Å². The summed E-state index contributed by atoms with van der Waals surface area (Å²) in [6.45, 7) is 29.2. The zero-order valence-corrected chi connectivity index (χ0v) is 84.8. The van der Waals surface area contributed by atoms with Crippen molar-refractivity contribution in [2.75, 3.05) is 170 Å². The molecule has 7 aromatic carbocycles. The van der Waals surface area contributed by atoms with Gasteiger partial charge in [0, 0.05) is 257 Å². The number of alkyl carbamates (subject to hydrolysis) is 1. The van der Waals surface area contributed by atoms with Gasteiger partial charge in [-0.2, -0.15) is 10.5 Å². The first-order chi connectivity index (χ1) is 70.4. The normalized spacial score (nSPS) is 20.9. The van der Waals surface area contributed by atoms with Gasteiger partial charge in [0.25, 0.3) is 11.8 Å². The van der Waals surface area contributed by atoms with Crippen molar-refractivity contribution < 1.29 is 82.2 Å². The quantitative estimate of drug-likeness (QED) is 0.0161. The van der Waals surface area contributed by atoms with Crippen LogP contribution in [0, 0.1) is 28.1 Å². The lowest BCUT2D eigenvalue weighted by Gasteiger charge is -2.37. The maximum atomic E-state index is 12.6. The van der Waals surface area contributed by atoms with E-state index in [0.29, 0.717) is 119 Å². The summed E-state index contributed by atoms with van der Waals surface area (Å²) in [7, 11) is 0. The molecule has 5 spiro atoms. The van der Waals surface area contributed by atoms with Crippen LogP contribution in [0.3, 0.4) is 0 Å². The highest BCUT2D eigenvalue weighted by molar-refractivity contribution is 5.98. The zero-order valence-electron chi connectivity index (χ0n) is 84.8. The molecule has 10 N–H and O–H groups in total. The number of nitriles is 2. The van der Waals surface area contributed by atoms with Gasteiger partial charge in [-0.15, -0.1) is 0 Å². The molecule has 0 saturated carbocycles. The van der Waals surface area contributed by atoms with Crippen LogP contribution in [0.15, 0.2) is 200 Å². The number of ketones is 1. The number of nitrogen functional groups attached to an aromatic ring is 1. The Hall–Kier alpha value is -12.9. The molecule has 7 amide bonds. The number of Topliss-reactive ketones (excluding diaryl/α,β-unsaturated/α-hetero) is 1. The van der Waals surface area contributed by atoms with Crippen molar-refractivity contribution in [1.82, 2.24) is 64.5 Å². The Balaban J connectivity index is 0.000000141. The average molecular weight is 2000 g/mol. The molecular formula is C111H146N18O17. The number of nitrogens with one attached hydrogen (secondary N) is 3. The molecule has 13 aliphatic heterocycles. The van der Waals surface area contributed by atoms with Gasteiger partial charge in [0.05, 0.1) is 56.0 Å². The van der Waals surface area contributed by atoms with Crippen LogP contribution in [0.2, 0.25) is 0 Å². The van der Waals surface area contributed by atoms with Gasteiger partial charge in [0.1, 0.15) is 46.2 Å². The highest BCUT2D eigenvalue weighted by Gasteiger charge is 2.52. The molecule has 0 aliphatic carbocycles. The standard InChI is InChI=1S/C17H20N4O5.C17H19N3O3.C16H22N2O2.C14H18N2O2.C13H20N2O.C13H16N2O.C12H15NO.C9H16N2O2/c18-14(19)11-1-3-12(4-2-11)15(24)20-7-5-17(6-8-20)10-21(9-13(22)23)16(25)26-17;1-2-19-12-17(23-16(19)22)7-9-20(10-8-17)15(21)14-5-3-13(11-18)4-6-14;1-2-18-13-16(20-15(18)19)8-10-17(11-9-16)12-14-6-4-3-5-7-14;17-13-15-11-14(18-13)6-8-16(9-7-14)10-12-4-2-1-3-5-12;2*14-11-13(16)6-8-15(9-7-13)10-12-4-2-1-3-5-12;14-12-6-8-13(9-7-12)10-11-4-2-1-3-5-11;1-2-11-7-9(13-8(11)12)3-5-10-6-4-9/h1-4H,5-10H2,(H3,18,19)(H,22,23);3-6H,2,7-10,12H2,1H3;3-7H,2,8-13H2,1H3;1-5H,6-11H2,(H,15,17);1-5,16H,6-11,14H2;1-5,16H,6-10H2;1-5H,6-10H2;10H,2-7H2,1H3. The van der Waals surface area contributed by atoms with Gasteiger partial charge < -0.3 is 85.6 Å². The average Bonchev–Trinajstić information content (AvgIpc) is 1.63. The molecule has 0 aromatic heterocycles. The third kappa shape index (κ3) is 31.8. The van der Waals surface area contributed by atoms with Crippen molar-refractivity contribution in [1.29, 1.82) is 15.9 Å². The van der Waals surface area contributed by atoms with Crippen LogP contribution >= 0.6 is 0 Å². The number of aliphatic hydroxyl groups is 2. The van der Waals surface area contributed by atoms with E-state index in [0.717, 1.165) is 202 Å². The summed E-state index contributed by atoms with van der Waals surface area (Å²) in [4.78, 5) is 127. The van der Waals surface area contributed by atoms with Crippen LogP contribution < -0.4 is 22.1 Å². The number of ether oxygens (including phenoxy) is 5. The third-order valence-electron chi connectivity index (χ3n) is 29.9. The number of carboxylic acid groups (broad SMARTS) is 1. The van der Waals surface area contributed by atoms with Gasteiger partial charge in [-0.05, 0) is 111 Å². The molecule has 13 aliphatic rings. The van der Waals surface area contributed by atoms with Crippen molar-refractivity contribution in [3.63, 3.8) is 0 Å². The number of hydrogen-bond acceptors (Lipinski definition) is 26. The SMILES string of the molecule is CCN1CC2(CCN(C(=O)c3ccc(C#N)cc3)CC2)OC1=O.CCN1CC2(CCN(Cc3ccccc3)CC2)OC1=O.CCN1CC2(CCNCC2)OC1=O.N#CC1(O)CCN(Cc2ccccc2)CC1.N=C(N)c1ccc(C(=O)N2CCC3(CC2)CN(CC(=O)O)C(=O)O3)cc1.NCC1(O)CCN(Cc2ccccc2)CC1.O=C1CCN(Cc2ccccc2)CC1.O=C1NCC2(CCN(Cc3ccccc3)CC2)O1. The molecule has 782 valence electrons. The summed E-state index contributed by atoms with van der Waals surface area (Å²) in [5.74, 6) is -0.907. The molecule has 35 nitrogen and oxygen atoms in total. The molecule has 0 radical (unpaired) electrons. The Labute approximate surface area is 857 Å². The monoisotopic (exact) mass is 2000 g/mol. The minimum absolute atomic E-state index is 0.0407. The molecule has 35 heteroatoms. The summed E-state index contributed by atoms with van der Waals surface area (Å²) in [6.07, 6.45) is 10.7. The Morgan fingerprint density at radius 2 is 0.692 bits per heavy atom. The number of nitrogens with two attached hydrogens (primary N) is 2. The summed E-state index contributed by atoms with van der Waals surface area (Å²) in [5, 5.41) is 59.7. The number of piperidine rings is 8. The van der Waals surface area contributed by atoms with E-state index in [2.05, 4.69) is 144 Å². The Morgan fingerprint density at radius 1 is 0.390 bits per heavy atom. The Bertz CT molecular complexity index is 5490. The largest absolute Gasteiger partial charge is 0.480 e. The lowest BCUT2D eigenvalue weighted by molar-refractivity contribution is -0.137. The summed E-state index contributed by atoms with van der Waals surface area (Å²) >= 11 is 0. The van der Waals surface area contributed by atoms with E-state index in [9.17, 15) is 53.4 Å². The fraction of sp³-hybridized carbons (Fsp3) is 0.514. The van der Waals surface area contributed by atoms with Gasteiger partial charge in [-0.25, -0.2) is 24.0 Å². The number of amides is 7. The number of amidine groups is 1. The first kappa shape index (κ1) is 110. The van der Waals surface area contributed by atoms with Gasteiger partial charge in [-0.1, -0.05) is 164 Å². The van der Waals surface area contributed by atoms with E-state index >= 15 is 0 Å². The van der Waals surface area contributed by atoms with E-state index < -0.39 is 34.5 Å². The summed E-state index contributed by atoms with van der Waals surface area (Å²) < 4.78 is 27.5. The van der Waals surface area contributed by atoms with Crippen LogP contribution in [0.25, 0.3) is 0 Å². The number of rotatable bonds is 19. The number of carbonyl (C=O) groups is 9. The molecule has 0 atom stereocenters. The van der Waals surface area contributed by atoms with E-state index in [1.807, 2.05) is 80.3 Å². The lowest BCUT2D eigenvalue weighted by Crippen LogP contribution is -2.49. The molecule has 13 fully saturated rings. The topological polar surface area (TPSA) is 444 Å². The molecule has 20 rings (SSSR count). The number of aliphatic carboxylic acids is 1. The van der Waals surface area contributed by atoms with E-state index in [4.69, 9.17) is 56.2 Å². The highest BCUT2D eigenvalue weighted by atomic mass is 16.6. The van der Waals surface area contributed by atoms with Crippen LogP contribution in [0.1, 0.15) is 183 Å². The minimum Gasteiger partial charge on any atom is -0.480 e. The predicted molar refractivity (Wildman–Crippen MR) is 550 cm³/mol. The molecule has 13 heterocycles. The number of carboxylic acids is 1. The van der Waals surface area contributed by atoms with Crippen LogP contribution in [0.5, 0.6) is 0 Å². The van der Waals surface area contributed by atoms with Gasteiger partial charge >= 0.3 is 36.4 Å². The van der Waals surface area contributed by atoms with Crippen molar-refractivity contribution in [2.45, 2.75) is 195 Å². The maximum absolute atomic E-state index is 12.6. The highest BCUT2D eigenvalue weighted by Crippen LogP contribution is 2.39. The van der Waals surface area contributed by atoms with Crippen molar-refractivity contribution in [3.8, 4) is 12.1 Å². The van der Waals surface area contributed by atoms with Crippen molar-refractivity contribution in [2.24, 2.45) is 11.5 Å². The molecule has 13 saturated heterocycles. The maximum Gasteiger partial charge on any atom is 0.411 e. The first-order valence-corrected chi connectivity index (χ1v) is 51.6. The second-order valence-electron chi connectivity index (χ2n) is 40.4. The van der Waals surface area contributed by atoms with E-state index in [1.165, 1.54) is 32.7 Å². The molecule has 0 unspecified atom stereocenters. The van der Waals surface area contributed by atoms with E-state index in [-0.39, 0.29) is 71.9 Å². The summed E-state index contributed by atoms with van der Waals surface area (Å²) in [5.41, 5.74) is 16.3. The first-order valence-electron chi connectivity index (χ1n) is 51.6. The molecule has 0 bridgehead atoms. The number of carbonyl (C=O) groups excluding carboxylic acids is 8. The number of benzene rings is 7. The van der Waals surface area contributed by atoms with Crippen LogP contribution in [0.4, 0.5) is 24.0 Å². The van der Waals surface area contributed by atoms with E-state index in [1.54, 1.807) is 68.1 Å².